The van der Waals surface area contributed by atoms with Gasteiger partial charge in [-0.05, 0) is 54.8 Å². The van der Waals surface area contributed by atoms with E-state index in [2.05, 4.69) is 32.3 Å². The second kappa shape index (κ2) is 15.4. The van der Waals surface area contributed by atoms with Gasteiger partial charge in [0.1, 0.15) is 29.4 Å². The normalized spacial score (nSPS) is 13.6. The number of methoxy groups -OCH3 is 1. The largest absolute Gasteiger partial charge is 0.497 e. The van der Waals surface area contributed by atoms with Crippen molar-refractivity contribution in [1.29, 1.82) is 0 Å². The Kier molecular flexibility index (Phi) is 12.9. The summed E-state index contributed by atoms with van der Waals surface area (Å²) in [6.07, 6.45) is 3.72. The molecule has 0 radical (unpaired) electrons. The fourth-order valence-electron chi connectivity index (χ4n) is 4.53. The van der Waals surface area contributed by atoms with E-state index < -0.39 is 0 Å². The second-order valence-corrected chi connectivity index (χ2v) is 9.38. The Bertz CT molecular complexity index is 1300. The maximum Gasteiger partial charge on any atom is 0.180 e. The molecule has 0 aliphatic carbocycles. The molecule has 0 bridgehead atoms. The highest BCUT2D eigenvalue weighted by Gasteiger charge is 2.22. The molecule has 3 heterocycles. The number of hydrogen-bond donors (Lipinski definition) is 3. The summed E-state index contributed by atoms with van der Waals surface area (Å²) < 4.78 is 10.8. The Hall–Kier alpha value is -2.46. The number of nitrogens with one attached hydrogen (secondary N) is 2. The number of nitrogens with zero attached hydrogens (tertiary/aromatic N) is 3. The molecule has 12 heteroatoms. The number of pyridine rings is 1. The van der Waals surface area contributed by atoms with Crippen LogP contribution in [0.25, 0.3) is 22.6 Å². The van der Waals surface area contributed by atoms with Crippen molar-refractivity contribution >= 4 is 65.7 Å². The minimum atomic E-state index is 0. The van der Waals surface area contributed by atoms with E-state index in [4.69, 9.17) is 31.8 Å². The average Bonchev–Trinajstić information content (AvgIpc) is 3.35. The van der Waals surface area contributed by atoms with Crippen molar-refractivity contribution in [3.05, 3.63) is 65.3 Å². The van der Waals surface area contributed by atoms with Crippen LogP contribution in [0.1, 0.15) is 18.4 Å². The van der Waals surface area contributed by atoms with E-state index in [1.807, 2.05) is 36.4 Å². The molecule has 4 aromatic rings. The SMILES string of the molecule is COc1ccc(CN2CCC(Nc3c(Cl)cnc4nc(-c5ccc(OCCN)cc5)[nH]c34)CC2)cc1.Cl.Cl.Cl. The number of benzene rings is 2. The molecule has 1 fully saturated rings. The Morgan fingerprint density at radius 3 is 2.33 bits per heavy atom. The van der Waals surface area contributed by atoms with Gasteiger partial charge in [-0.1, -0.05) is 23.7 Å². The molecule has 2 aromatic heterocycles. The predicted molar refractivity (Wildman–Crippen MR) is 166 cm³/mol. The van der Waals surface area contributed by atoms with Crippen molar-refractivity contribution in [3.8, 4) is 22.9 Å². The smallest absolute Gasteiger partial charge is 0.180 e. The molecule has 5 rings (SSSR count). The molecule has 0 spiro atoms. The molecule has 1 saturated heterocycles. The molecule has 2 aromatic carbocycles. The number of aromatic nitrogens is 3. The number of H-pyrrole nitrogens is 1. The van der Waals surface area contributed by atoms with E-state index in [9.17, 15) is 0 Å². The summed E-state index contributed by atoms with van der Waals surface area (Å²) in [5.74, 6) is 2.40. The fraction of sp³-hybridized carbons (Fsp3) is 0.333. The van der Waals surface area contributed by atoms with Gasteiger partial charge in [0.2, 0.25) is 0 Å². The van der Waals surface area contributed by atoms with Gasteiger partial charge in [0.25, 0.3) is 0 Å². The zero-order chi connectivity index (χ0) is 24.9. The number of piperidine rings is 1. The number of fused-ring (bicyclic) bond motifs is 1. The maximum absolute atomic E-state index is 6.59. The number of anilines is 1. The van der Waals surface area contributed by atoms with E-state index in [-0.39, 0.29) is 37.2 Å². The molecule has 39 heavy (non-hydrogen) atoms. The number of rotatable bonds is 9. The van der Waals surface area contributed by atoms with Gasteiger partial charge in [-0.15, -0.1) is 37.2 Å². The van der Waals surface area contributed by atoms with Crippen LogP contribution in [0.4, 0.5) is 5.69 Å². The molecule has 1 aliphatic rings. The van der Waals surface area contributed by atoms with Crippen LogP contribution in [0, 0.1) is 0 Å². The third kappa shape index (κ3) is 8.03. The molecule has 212 valence electrons. The van der Waals surface area contributed by atoms with Crippen LogP contribution in [-0.4, -0.2) is 59.2 Å². The van der Waals surface area contributed by atoms with Crippen molar-refractivity contribution in [1.82, 2.24) is 19.9 Å². The molecule has 0 unspecified atom stereocenters. The minimum Gasteiger partial charge on any atom is -0.497 e. The van der Waals surface area contributed by atoms with Crippen LogP contribution < -0.4 is 20.5 Å². The topological polar surface area (TPSA) is 101 Å². The van der Waals surface area contributed by atoms with Crippen LogP contribution in [-0.2, 0) is 6.54 Å². The standard InChI is InChI=1S/C27H31ClN6O2.3ClH/c1-35-21-6-2-18(3-7-21)17-34-13-10-20(11-14-34)31-24-23(28)16-30-27-25(24)32-26(33-27)19-4-8-22(9-5-19)36-15-12-29;;;/h2-9,16,20H,10-15,17,29H2,1H3,(H2,30,31,32,33);3*1H. The number of imidazole rings is 1. The lowest BCUT2D eigenvalue weighted by Gasteiger charge is -2.33. The second-order valence-electron chi connectivity index (χ2n) is 8.97. The summed E-state index contributed by atoms with van der Waals surface area (Å²) in [7, 11) is 1.69. The Balaban J connectivity index is 0.00000178. The molecule has 4 N–H and O–H groups in total. The van der Waals surface area contributed by atoms with E-state index in [0.717, 1.165) is 66.6 Å². The van der Waals surface area contributed by atoms with Crippen molar-refractivity contribution in [3.63, 3.8) is 0 Å². The number of halogens is 4. The Morgan fingerprint density at radius 1 is 1.03 bits per heavy atom. The van der Waals surface area contributed by atoms with E-state index >= 15 is 0 Å². The lowest BCUT2D eigenvalue weighted by atomic mass is 10.0. The number of likely N-dealkylation sites (tertiary alicyclic amines) is 1. The molecular formula is C27H34Cl4N6O2. The van der Waals surface area contributed by atoms with Gasteiger partial charge >= 0.3 is 0 Å². The first-order valence-electron chi connectivity index (χ1n) is 12.2. The van der Waals surface area contributed by atoms with Crippen molar-refractivity contribution in [2.75, 3.05) is 38.7 Å². The third-order valence-electron chi connectivity index (χ3n) is 6.49. The summed E-state index contributed by atoms with van der Waals surface area (Å²) in [6, 6.07) is 16.4. The van der Waals surface area contributed by atoms with Gasteiger partial charge in [0.15, 0.2) is 5.65 Å². The van der Waals surface area contributed by atoms with Crippen LogP contribution in [0.5, 0.6) is 11.5 Å². The summed E-state index contributed by atoms with van der Waals surface area (Å²) in [4.78, 5) is 15.0. The fourth-order valence-corrected chi connectivity index (χ4v) is 4.72. The van der Waals surface area contributed by atoms with Gasteiger partial charge in [-0.2, -0.15) is 0 Å². The van der Waals surface area contributed by atoms with Gasteiger partial charge < -0.3 is 25.5 Å². The monoisotopic (exact) mass is 614 g/mol. The van der Waals surface area contributed by atoms with Crippen LogP contribution in [0.2, 0.25) is 5.02 Å². The zero-order valence-electron chi connectivity index (χ0n) is 21.6. The summed E-state index contributed by atoms with van der Waals surface area (Å²) in [5, 5.41) is 4.26. The van der Waals surface area contributed by atoms with Crippen molar-refractivity contribution in [2.45, 2.75) is 25.4 Å². The van der Waals surface area contributed by atoms with Crippen LogP contribution >= 0.6 is 48.8 Å². The first-order valence-corrected chi connectivity index (χ1v) is 12.6. The van der Waals surface area contributed by atoms with E-state index in [1.165, 1.54) is 5.56 Å². The van der Waals surface area contributed by atoms with Crippen LogP contribution in [0.15, 0.2) is 54.7 Å². The highest BCUT2D eigenvalue weighted by Crippen LogP contribution is 2.32. The van der Waals surface area contributed by atoms with Gasteiger partial charge in [0, 0.05) is 37.8 Å². The summed E-state index contributed by atoms with van der Waals surface area (Å²) in [6.45, 7) is 3.94. The lowest BCUT2D eigenvalue weighted by molar-refractivity contribution is 0.211. The van der Waals surface area contributed by atoms with Gasteiger partial charge in [-0.3, -0.25) is 4.90 Å². The average molecular weight is 616 g/mol. The van der Waals surface area contributed by atoms with E-state index in [1.54, 1.807) is 13.3 Å². The first-order chi connectivity index (χ1) is 17.6. The Labute approximate surface area is 252 Å². The minimum absolute atomic E-state index is 0. The quantitative estimate of drug-likeness (QED) is 0.213. The van der Waals surface area contributed by atoms with Crippen molar-refractivity contribution in [2.24, 2.45) is 5.73 Å². The molecule has 8 nitrogen and oxygen atoms in total. The highest BCUT2D eigenvalue weighted by atomic mass is 35.5. The Morgan fingerprint density at radius 2 is 1.69 bits per heavy atom. The first kappa shape index (κ1) is 32.8. The lowest BCUT2D eigenvalue weighted by Crippen LogP contribution is -2.38. The molecule has 0 saturated carbocycles. The molecule has 0 atom stereocenters. The molecule has 0 amide bonds. The summed E-state index contributed by atoms with van der Waals surface area (Å²) >= 11 is 6.59. The van der Waals surface area contributed by atoms with Gasteiger partial charge in [0.05, 0.1) is 24.0 Å². The number of ether oxygens (including phenoxy) is 2. The third-order valence-corrected chi connectivity index (χ3v) is 6.78. The summed E-state index contributed by atoms with van der Waals surface area (Å²) in [5.41, 5.74) is 10.1. The predicted octanol–water partition coefficient (Wildman–Crippen LogP) is 5.97. The maximum atomic E-state index is 6.59. The number of nitrogens with two attached hydrogens (primary N) is 1. The van der Waals surface area contributed by atoms with Crippen molar-refractivity contribution < 1.29 is 9.47 Å². The highest BCUT2D eigenvalue weighted by molar-refractivity contribution is 6.34. The molecule has 1 aliphatic heterocycles. The van der Waals surface area contributed by atoms with E-state index in [0.29, 0.717) is 29.9 Å². The van der Waals surface area contributed by atoms with Crippen LogP contribution in [0.3, 0.4) is 0 Å². The number of hydrogen-bond acceptors (Lipinski definition) is 7. The zero-order valence-corrected chi connectivity index (χ0v) is 24.8. The number of aromatic amines is 1. The van der Waals surface area contributed by atoms with Gasteiger partial charge in [-0.25, -0.2) is 9.97 Å². The molecular weight excluding hydrogens is 582 g/mol.